The zero-order chi connectivity index (χ0) is 17.4. The monoisotopic (exact) mass is 361 g/mol. The third-order valence-electron chi connectivity index (χ3n) is 6.16. The summed E-state index contributed by atoms with van der Waals surface area (Å²) in [5.74, 6) is 1.20. The van der Waals surface area contributed by atoms with Crippen LogP contribution in [-0.4, -0.2) is 36.3 Å². The number of aryl methyl sites for hydroxylation is 1. The van der Waals surface area contributed by atoms with Gasteiger partial charge in [0.2, 0.25) is 5.91 Å². The first kappa shape index (κ1) is 17.0. The molecule has 136 valence electrons. The van der Waals surface area contributed by atoms with Crippen molar-refractivity contribution in [3.05, 3.63) is 16.0 Å². The van der Waals surface area contributed by atoms with Crippen molar-refractivity contribution in [2.75, 3.05) is 25.0 Å². The average Bonchev–Trinajstić information content (AvgIpc) is 3.14. The van der Waals surface area contributed by atoms with Crippen LogP contribution < -0.4 is 11.1 Å². The number of rotatable bonds is 4. The summed E-state index contributed by atoms with van der Waals surface area (Å²) in [5.41, 5.74) is 7.19. The summed E-state index contributed by atoms with van der Waals surface area (Å²) in [6.45, 7) is 2.48. The normalized spacial score (nSPS) is 26.1. The molecular weight excluding hydrogens is 334 g/mol. The Morgan fingerprint density at radius 2 is 1.92 bits per heavy atom. The molecule has 6 heteroatoms. The van der Waals surface area contributed by atoms with Gasteiger partial charge >= 0.3 is 0 Å². The van der Waals surface area contributed by atoms with Gasteiger partial charge in [0.05, 0.1) is 12.1 Å². The van der Waals surface area contributed by atoms with Crippen LogP contribution in [0.4, 0.5) is 5.00 Å². The fourth-order valence-electron chi connectivity index (χ4n) is 4.94. The fraction of sp³-hybridized carbons (Fsp3) is 0.684. The van der Waals surface area contributed by atoms with E-state index in [4.69, 9.17) is 5.73 Å². The molecule has 4 rings (SSSR count). The highest BCUT2D eigenvalue weighted by molar-refractivity contribution is 7.17. The second-order valence-electron chi connectivity index (χ2n) is 7.80. The molecule has 1 saturated carbocycles. The number of hydrogen-bond donors (Lipinski definition) is 2. The third kappa shape index (κ3) is 3.47. The maximum atomic E-state index is 12.5. The Labute approximate surface area is 153 Å². The lowest BCUT2D eigenvalue weighted by Gasteiger charge is -2.41. The van der Waals surface area contributed by atoms with E-state index < -0.39 is 5.91 Å². The van der Waals surface area contributed by atoms with Crippen molar-refractivity contribution in [2.45, 2.75) is 51.4 Å². The molecule has 0 spiro atoms. The summed E-state index contributed by atoms with van der Waals surface area (Å²) < 4.78 is 0. The first-order valence-electron chi connectivity index (χ1n) is 9.58. The number of nitrogens with two attached hydrogens (primary N) is 1. The molecule has 0 radical (unpaired) electrons. The van der Waals surface area contributed by atoms with Gasteiger partial charge in [0.1, 0.15) is 5.00 Å². The minimum atomic E-state index is -0.419. The van der Waals surface area contributed by atoms with E-state index in [9.17, 15) is 9.59 Å². The molecule has 0 aromatic carbocycles. The molecule has 1 aromatic heterocycles. The van der Waals surface area contributed by atoms with Gasteiger partial charge in [-0.25, -0.2) is 0 Å². The first-order chi connectivity index (χ1) is 12.1. The van der Waals surface area contributed by atoms with Crippen LogP contribution in [0.5, 0.6) is 0 Å². The summed E-state index contributed by atoms with van der Waals surface area (Å²) in [5, 5.41) is 3.64. The van der Waals surface area contributed by atoms with Crippen molar-refractivity contribution in [3.8, 4) is 0 Å². The van der Waals surface area contributed by atoms with Crippen molar-refractivity contribution in [3.63, 3.8) is 0 Å². The van der Waals surface area contributed by atoms with Gasteiger partial charge in [-0.3, -0.25) is 14.5 Å². The van der Waals surface area contributed by atoms with E-state index in [0.717, 1.165) is 49.8 Å². The Morgan fingerprint density at radius 1 is 1.12 bits per heavy atom. The van der Waals surface area contributed by atoms with Gasteiger partial charge < -0.3 is 11.1 Å². The largest absolute Gasteiger partial charge is 0.365 e. The number of thiophene rings is 1. The minimum Gasteiger partial charge on any atom is -0.365 e. The summed E-state index contributed by atoms with van der Waals surface area (Å²) in [7, 11) is 0. The molecule has 2 aliphatic carbocycles. The minimum absolute atomic E-state index is 0.0170. The summed E-state index contributed by atoms with van der Waals surface area (Å²) in [6, 6.07) is 0. The van der Waals surface area contributed by atoms with Gasteiger partial charge in [-0.15, -0.1) is 11.3 Å². The van der Waals surface area contributed by atoms with Crippen LogP contribution in [-0.2, 0) is 17.6 Å². The van der Waals surface area contributed by atoms with Crippen LogP contribution in [0.3, 0.4) is 0 Å². The van der Waals surface area contributed by atoms with Crippen LogP contribution in [0.1, 0.15) is 59.3 Å². The third-order valence-corrected chi connectivity index (χ3v) is 7.37. The predicted octanol–water partition coefficient (Wildman–Crippen LogP) is 2.79. The number of nitrogens with one attached hydrogen (secondary N) is 1. The number of anilines is 1. The van der Waals surface area contributed by atoms with Crippen LogP contribution >= 0.6 is 11.3 Å². The smallest absolute Gasteiger partial charge is 0.251 e. The molecule has 2 fully saturated rings. The Morgan fingerprint density at radius 3 is 2.72 bits per heavy atom. The Bertz CT molecular complexity index is 684. The second kappa shape index (κ2) is 7.08. The molecule has 1 aliphatic heterocycles. The van der Waals surface area contributed by atoms with Crippen molar-refractivity contribution < 1.29 is 9.59 Å². The highest BCUT2D eigenvalue weighted by atomic mass is 32.1. The SMILES string of the molecule is NC(=O)c1c(NC(=O)CN2CC[C@H]3CCCC[C@@H]3C2)sc2c1CCC2. The van der Waals surface area contributed by atoms with Crippen LogP contribution in [0.25, 0.3) is 0 Å². The van der Waals surface area contributed by atoms with Crippen LogP contribution in [0.15, 0.2) is 0 Å². The van der Waals surface area contributed by atoms with Crippen LogP contribution in [0, 0.1) is 11.8 Å². The summed E-state index contributed by atoms with van der Waals surface area (Å²) in [4.78, 5) is 27.9. The lowest BCUT2D eigenvalue weighted by molar-refractivity contribution is -0.118. The molecule has 1 aromatic rings. The van der Waals surface area contributed by atoms with E-state index in [1.54, 1.807) is 0 Å². The Kier molecular flexibility index (Phi) is 4.82. The molecule has 2 heterocycles. The molecule has 3 aliphatic rings. The highest BCUT2D eigenvalue weighted by Gasteiger charge is 2.32. The number of amides is 2. The molecule has 0 bridgehead atoms. The average molecular weight is 362 g/mol. The summed E-state index contributed by atoms with van der Waals surface area (Å²) >= 11 is 1.53. The number of piperidine rings is 1. The molecule has 1 saturated heterocycles. The number of nitrogens with zero attached hydrogens (tertiary/aromatic N) is 1. The van der Waals surface area contributed by atoms with Gasteiger partial charge in [0.25, 0.3) is 5.91 Å². The van der Waals surface area contributed by atoms with Crippen molar-refractivity contribution in [1.82, 2.24) is 4.90 Å². The standard InChI is InChI=1S/C19H27N3O2S/c20-18(24)17-14-6-3-7-15(14)25-19(17)21-16(23)11-22-9-8-12-4-1-2-5-13(12)10-22/h12-13H,1-11H2,(H2,20,24)(H,21,23)/t12-,13-/m1/s1. The van der Waals surface area contributed by atoms with E-state index in [0.29, 0.717) is 17.1 Å². The number of carbonyl (C=O) groups excluding carboxylic acids is 2. The Hall–Kier alpha value is -1.40. The lowest BCUT2D eigenvalue weighted by atomic mass is 9.75. The number of primary amides is 1. The lowest BCUT2D eigenvalue weighted by Crippen LogP contribution is -2.44. The number of carbonyl (C=O) groups is 2. The maximum absolute atomic E-state index is 12.5. The molecule has 25 heavy (non-hydrogen) atoms. The van der Waals surface area contributed by atoms with E-state index in [2.05, 4.69) is 10.2 Å². The van der Waals surface area contributed by atoms with E-state index >= 15 is 0 Å². The van der Waals surface area contributed by atoms with Gasteiger partial charge in [0, 0.05) is 11.4 Å². The molecule has 2 amide bonds. The first-order valence-corrected chi connectivity index (χ1v) is 10.4. The number of likely N-dealkylation sites (tertiary alicyclic amines) is 1. The van der Waals surface area contributed by atoms with E-state index in [1.807, 2.05) is 0 Å². The molecule has 3 N–H and O–H groups in total. The highest BCUT2D eigenvalue weighted by Crippen LogP contribution is 2.39. The van der Waals surface area contributed by atoms with Gasteiger partial charge in [-0.05, 0) is 56.0 Å². The number of fused-ring (bicyclic) bond motifs is 2. The zero-order valence-corrected chi connectivity index (χ0v) is 15.5. The molecule has 5 nitrogen and oxygen atoms in total. The topological polar surface area (TPSA) is 75.4 Å². The van der Waals surface area contributed by atoms with Crippen molar-refractivity contribution in [1.29, 1.82) is 0 Å². The van der Waals surface area contributed by atoms with Gasteiger partial charge in [-0.2, -0.15) is 0 Å². The molecule has 0 unspecified atom stereocenters. The number of hydrogen-bond acceptors (Lipinski definition) is 4. The van der Waals surface area contributed by atoms with Crippen LogP contribution in [0.2, 0.25) is 0 Å². The summed E-state index contributed by atoms with van der Waals surface area (Å²) in [6.07, 6.45) is 9.58. The maximum Gasteiger partial charge on any atom is 0.251 e. The Balaban J connectivity index is 1.39. The zero-order valence-electron chi connectivity index (χ0n) is 14.7. The molecule has 2 atom stereocenters. The fourth-order valence-corrected chi connectivity index (χ4v) is 6.25. The van der Waals surface area contributed by atoms with Gasteiger partial charge in [0.15, 0.2) is 0 Å². The van der Waals surface area contributed by atoms with Crippen molar-refractivity contribution >= 4 is 28.2 Å². The van der Waals surface area contributed by atoms with E-state index in [1.165, 1.54) is 48.3 Å². The van der Waals surface area contributed by atoms with Crippen molar-refractivity contribution in [2.24, 2.45) is 17.6 Å². The predicted molar refractivity (Wildman–Crippen MR) is 100.0 cm³/mol. The molecular formula is C19H27N3O2S. The van der Waals surface area contributed by atoms with Gasteiger partial charge in [-0.1, -0.05) is 19.3 Å². The second-order valence-corrected chi connectivity index (χ2v) is 8.91. The quantitative estimate of drug-likeness (QED) is 0.866. The van der Waals surface area contributed by atoms with E-state index in [-0.39, 0.29) is 5.91 Å².